The van der Waals surface area contributed by atoms with Gasteiger partial charge in [-0.3, -0.25) is 19.9 Å². The summed E-state index contributed by atoms with van der Waals surface area (Å²) in [5.41, 5.74) is 11.3. The van der Waals surface area contributed by atoms with E-state index in [2.05, 4.69) is 15.8 Å². The van der Waals surface area contributed by atoms with Crippen molar-refractivity contribution < 1.29 is 19.2 Å². The Bertz CT molecular complexity index is 903. The monoisotopic (exact) mass is 396 g/mol. The van der Waals surface area contributed by atoms with E-state index in [1.54, 1.807) is 43.5 Å². The van der Waals surface area contributed by atoms with E-state index in [1.807, 2.05) is 12.1 Å². The van der Waals surface area contributed by atoms with E-state index in [0.717, 1.165) is 11.1 Å². The minimum Gasteiger partial charge on any atom is -0.497 e. The van der Waals surface area contributed by atoms with E-state index in [1.165, 1.54) is 20.1 Å². The highest BCUT2D eigenvalue weighted by Crippen LogP contribution is 2.17. The van der Waals surface area contributed by atoms with Crippen LogP contribution in [-0.4, -0.2) is 31.9 Å². The quantitative estimate of drug-likeness (QED) is 0.273. The zero-order valence-corrected chi connectivity index (χ0v) is 16.6. The van der Waals surface area contributed by atoms with E-state index in [-0.39, 0.29) is 11.7 Å². The van der Waals surface area contributed by atoms with Crippen LogP contribution in [0.1, 0.15) is 18.1 Å². The van der Waals surface area contributed by atoms with E-state index in [4.69, 9.17) is 15.3 Å². The normalized spacial score (nSPS) is 11.7. The molecule has 0 bridgehead atoms. The van der Waals surface area contributed by atoms with E-state index >= 15 is 0 Å². The number of methoxy groups -OCH3 is 1. The molecule has 0 spiro atoms. The zero-order chi connectivity index (χ0) is 21.2. The number of carbonyl (C=O) groups excluding carboxylic acids is 2. The molecule has 2 aromatic rings. The summed E-state index contributed by atoms with van der Waals surface area (Å²) in [5, 5.41) is 2.68. The molecule has 0 saturated carbocycles. The van der Waals surface area contributed by atoms with Crippen molar-refractivity contribution in [1.29, 1.82) is 0 Å². The van der Waals surface area contributed by atoms with E-state index in [0.29, 0.717) is 23.6 Å². The summed E-state index contributed by atoms with van der Waals surface area (Å²) >= 11 is 0. The van der Waals surface area contributed by atoms with Gasteiger partial charge in [-0.1, -0.05) is 12.1 Å². The number of nitrogens with one attached hydrogen (secondary N) is 2. The molecule has 8 nitrogen and oxygen atoms in total. The molecule has 29 heavy (non-hydrogen) atoms. The van der Waals surface area contributed by atoms with Crippen molar-refractivity contribution in [2.75, 3.05) is 19.5 Å². The Balaban J connectivity index is 2.09. The van der Waals surface area contributed by atoms with E-state index < -0.39 is 5.91 Å². The fourth-order valence-corrected chi connectivity index (χ4v) is 2.51. The van der Waals surface area contributed by atoms with Crippen molar-refractivity contribution in [3.63, 3.8) is 0 Å². The zero-order valence-electron chi connectivity index (χ0n) is 16.6. The van der Waals surface area contributed by atoms with E-state index in [9.17, 15) is 9.59 Å². The van der Waals surface area contributed by atoms with Gasteiger partial charge in [0.05, 0.1) is 19.9 Å². The second-order valence-electron chi connectivity index (χ2n) is 6.09. The first-order valence-corrected chi connectivity index (χ1v) is 8.80. The van der Waals surface area contributed by atoms with Gasteiger partial charge in [0.15, 0.2) is 0 Å². The third kappa shape index (κ3) is 7.11. The topological polar surface area (TPSA) is 115 Å². The second kappa shape index (κ2) is 10.6. The van der Waals surface area contributed by atoms with Crippen LogP contribution in [0.4, 0.5) is 5.69 Å². The predicted molar refractivity (Wildman–Crippen MR) is 112 cm³/mol. The number of benzene rings is 2. The molecule has 0 aliphatic rings. The molecular weight excluding hydrogens is 372 g/mol. The first-order valence-electron chi connectivity index (χ1n) is 8.80. The number of hydroxylamine groups is 1. The highest BCUT2D eigenvalue weighted by Gasteiger charge is 2.07. The average molecular weight is 396 g/mol. The summed E-state index contributed by atoms with van der Waals surface area (Å²) in [4.78, 5) is 32.2. The van der Waals surface area contributed by atoms with Crippen LogP contribution in [0.3, 0.4) is 0 Å². The largest absolute Gasteiger partial charge is 0.497 e. The van der Waals surface area contributed by atoms with Crippen molar-refractivity contribution in [3.8, 4) is 5.75 Å². The fraction of sp³-hybridized carbons (Fsp3) is 0.190. The molecule has 8 heteroatoms. The summed E-state index contributed by atoms with van der Waals surface area (Å²) < 4.78 is 5.13. The average Bonchev–Trinajstić information content (AvgIpc) is 2.68. The number of rotatable bonds is 8. The molecule has 4 N–H and O–H groups in total. The lowest BCUT2D eigenvalue weighted by Gasteiger charge is -2.09. The Morgan fingerprint density at radius 3 is 2.28 bits per heavy atom. The van der Waals surface area contributed by atoms with Crippen LogP contribution in [0, 0.1) is 0 Å². The number of hydrogen-bond donors (Lipinski definition) is 3. The van der Waals surface area contributed by atoms with Crippen LogP contribution in [0.5, 0.6) is 5.75 Å². The summed E-state index contributed by atoms with van der Waals surface area (Å²) in [6.45, 7) is 1.44. The third-order valence-corrected chi connectivity index (χ3v) is 3.79. The Labute approximate surface area is 169 Å². The highest BCUT2D eigenvalue weighted by molar-refractivity contribution is 6.03. The van der Waals surface area contributed by atoms with Crippen molar-refractivity contribution >= 4 is 29.0 Å². The number of nitrogens with two attached hydrogens (primary N) is 1. The SMILES string of the molecule is CONC(=CC(=O)N=C(N)Cc1ccc(NC(C)=O)cc1)c1ccc(OC)cc1. The molecule has 0 radical (unpaired) electrons. The van der Waals surface area contributed by atoms with Gasteiger partial charge in [-0.15, -0.1) is 0 Å². The first-order chi connectivity index (χ1) is 13.9. The lowest BCUT2D eigenvalue weighted by atomic mass is 10.1. The standard InChI is InChI=1S/C21H24N4O4/c1-14(26)23-17-8-4-15(5-9-17)12-20(22)24-21(27)13-19(25-29-3)16-6-10-18(28-2)11-7-16/h4-11,13,25H,12H2,1-3H3,(H,23,26)(H2,22,24,27). The maximum atomic E-state index is 12.3. The number of hydrogen-bond acceptors (Lipinski definition) is 5. The number of carbonyl (C=O) groups is 2. The van der Waals surface area contributed by atoms with Crippen molar-refractivity contribution in [3.05, 3.63) is 65.7 Å². The van der Waals surface area contributed by atoms with Gasteiger partial charge in [0.1, 0.15) is 11.6 Å². The van der Waals surface area contributed by atoms with Crippen LogP contribution >= 0.6 is 0 Å². The maximum absolute atomic E-state index is 12.3. The van der Waals surface area contributed by atoms with Gasteiger partial charge < -0.3 is 15.8 Å². The Kier molecular flexibility index (Phi) is 7.93. The first kappa shape index (κ1) is 21.6. The number of amides is 2. The van der Waals surface area contributed by atoms with Gasteiger partial charge in [0, 0.05) is 30.7 Å². The molecule has 0 aliphatic heterocycles. The molecule has 0 fully saturated rings. The van der Waals surface area contributed by atoms with Crippen molar-refractivity contribution in [2.24, 2.45) is 10.7 Å². The summed E-state index contributed by atoms with van der Waals surface area (Å²) in [6, 6.07) is 14.3. The molecule has 0 saturated heterocycles. The van der Waals surface area contributed by atoms with Crippen LogP contribution in [0.25, 0.3) is 5.70 Å². The Morgan fingerprint density at radius 2 is 1.72 bits per heavy atom. The maximum Gasteiger partial charge on any atom is 0.273 e. The summed E-state index contributed by atoms with van der Waals surface area (Å²) in [5.74, 6) is 0.204. The number of anilines is 1. The van der Waals surface area contributed by atoms with Crippen LogP contribution in [0.2, 0.25) is 0 Å². The lowest BCUT2D eigenvalue weighted by Crippen LogP contribution is -2.18. The van der Waals surface area contributed by atoms with Crippen LogP contribution in [0.15, 0.2) is 59.6 Å². The minimum atomic E-state index is -0.521. The van der Waals surface area contributed by atoms with Crippen LogP contribution in [-0.2, 0) is 20.8 Å². The number of nitrogens with zero attached hydrogens (tertiary/aromatic N) is 1. The van der Waals surface area contributed by atoms with Gasteiger partial charge >= 0.3 is 0 Å². The molecule has 0 aromatic heterocycles. The van der Waals surface area contributed by atoms with Crippen molar-refractivity contribution in [1.82, 2.24) is 5.48 Å². The smallest absolute Gasteiger partial charge is 0.273 e. The molecule has 0 atom stereocenters. The van der Waals surface area contributed by atoms with Gasteiger partial charge in [0.25, 0.3) is 5.91 Å². The lowest BCUT2D eigenvalue weighted by molar-refractivity contribution is -0.114. The number of aliphatic imine (C=N–C) groups is 1. The van der Waals surface area contributed by atoms with Gasteiger partial charge in [-0.25, -0.2) is 0 Å². The predicted octanol–water partition coefficient (Wildman–Crippen LogP) is 2.27. The molecule has 152 valence electrons. The number of amidine groups is 1. The van der Waals surface area contributed by atoms with Gasteiger partial charge in [-0.05, 0) is 42.0 Å². The molecule has 2 aromatic carbocycles. The molecule has 0 aliphatic carbocycles. The molecule has 2 rings (SSSR count). The summed E-state index contributed by atoms with van der Waals surface area (Å²) in [6.07, 6.45) is 1.60. The van der Waals surface area contributed by atoms with Crippen molar-refractivity contribution in [2.45, 2.75) is 13.3 Å². The number of ether oxygens (including phenoxy) is 1. The van der Waals surface area contributed by atoms with Gasteiger partial charge in [-0.2, -0.15) is 4.99 Å². The molecule has 0 unspecified atom stereocenters. The fourth-order valence-electron chi connectivity index (χ4n) is 2.51. The third-order valence-electron chi connectivity index (χ3n) is 3.79. The summed E-state index contributed by atoms with van der Waals surface area (Å²) in [7, 11) is 3.03. The van der Waals surface area contributed by atoms with Crippen LogP contribution < -0.4 is 21.3 Å². The highest BCUT2D eigenvalue weighted by atomic mass is 16.6. The molecule has 0 heterocycles. The Hall–Kier alpha value is -3.65. The van der Waals surface area contributed by atoms with Gasteiger partial charge in [0.2, 0.25) is 5.91 Å². The second-order valence-corrected chi connectivity index (χ2v) is 6.09. The Morgan fingerprint density at radius 1 is 1.07 bits per heavy atom. The minimum absolute atomic E-state index is 0.145. The molecule has 2 amide bonds. The molecular formula is C21H24N4O4.